The zero-order valence-corrected chi connectivity index (χ0v) is 12.2. The molecule has 7 heteroatoms. The van der Waals surface area contributed by atoms with Gasteiger partial charge in [-0.1, -0.05) is 6.07 Å². The van der Waals surface area contributed by atoms with E-state index in [1.165, 1.54) is 19.2 Å². The van der Waals surface area contributed by atoms with Crippen LogP contribution in [0.2, 0.25) is 0 Å². The minimum Gasteiger partial charge on any atom is -0.348 e. The van der Waals surface area contributed by atoms with E-state index in [1.54, 1.807) is 10.7 Å². The number of rotatable bonds is 4. The molecule has 1 saturated heterocycles. The van der Waals surface area contributed by atoms with Crippen LogP contribution in [0.5, 0.6) is 0 Å². The first kappa shape index (κ1) is 13.4. The molecular weight excluding hydrogens is 280 g/mol. The Morgan fingerprint density at radius 3 is 2.95 bits per heavy atom. The van der Waals surface area contributed by atoms with Gasteiger partial charge in [-0.2, -0.15) is 0 Å². The average Bonchev–Trinajstić information content (AvgIpc) is 3.06. The average molecular weight is 298 g/mol. The molecule has 2 heterocycles. The smallest absolute Gasteiger partial charge is 0.251 e. The lowest BCUT2D eigenvalue weighted by Crippen LogP contribution is -2.37. The molecule has 0 spiro atoms. The molecule has 4 rings (SSSR count). The number of aromatic nitrogens is 4. The van der Waals surface area contributed by atoms with Gasteiger partial charge in [0.2, 0.25) is 0 Å². The van der Waals surface area contributed by atoms with Gasteiger partial charge in [0.05, 0.1) is 5.69 Å². The maximum absolute atomic E-state index is 12.4. The van der Waals surface area contributed by atoms with E-state index in [0.717, 1.165) is 31.2 Å². The Bertz CT molecular complexity index is 666. The predicted octanol–water partition coefficient (Wildman–Crippen LogP) is 0.629. The third kappa shape index (κ3) is 2.71. The quantitative estimate of drug-likeness (QED) is 0.896. The molecule has 2 aromatic rings. The van der Waals surface area contributed by atoms with Crippen molar-refractivity contribution in [1.82, 2.24) is 30.4 Å². The summed E-state index contributed by atoms with van der Waals surface area (Å²) < 4.78 is 1.54. The zero-order chi connectivity index (χ0) is 14.9. The molecule has 22 heavy (non-hydrogen) atoms. The molecule has 1 amide bonds. The first-order chi connectivity index (χ1) is 10.8. The molecule has 0 bridgehead atoms. The second-order valence-electron chi connectivity index (χ2n) is 5.99. The van der Waals surface area contributed by atoms with Crippen LogP contribution in [0.4, 0.5) is 0 Å². The van der Waals surface area contributed by atoms with Crippen molar-refractivity contribution in [2.24, 2.45) is 0 Å². The lowest BCUT2D eigenvalue weighted by molar-refractivity contribution is 0.0937. The van der Waals surface area contributed by atoms with E-state index in [4.69, 9.17) is 0 Å². The molecule has 1 unspecified atom stereocenters. The van der Waals surface area contributed by atoms with E-state index < -0.39 is 0 Å². The number of carbonyl (C=O) groups excluding carboxylic acids is 1. The number of hydrogen-bond acceptors (Lipinski definition) is 5. The molecule has 2 aliphatic rings. The van der Waals surface area contributed by atoms with Crippen molar-refractivity contribution in [2.45, 2.75) is 31.3 Å². The van der Waals surface area contributed by atoms with Gasteiger partial charge in [-0.25, -0.2) is 4.68 Å². The van der Waals surface area contributed by atoms with Gasteiger partial charge in [0.15, 0.2) is 0 Å². The van der Waals surface area contributed by atoms with Crippen molar-refractivity contribution in [1.29, 1.82) is 0 Å². The van der Waals surface area contributed by atoms with Crippen LogP contribution in [0.25, 0.3) is 5.69 Å². The number of tetrazole rings is 1. The highest BCUT2D eigenvalue weighted by atomic mass is 16.1. The van der Waals surface area contributed by atoms with Crippen molar-refractivity contribution < 1.29 is 4.79 Å². The van der Waals surface area contributed by atoms with E-state index in [-0.39, 0.29) is 11.9 Å². The summed E-state index contributed by atoms with van der Waals surface area (Å²) in [5.41, 5.74) is 1.42. The maximum atomic E-state index is 12.4. The standard InChI is InChI=1S/C15H18N6O/c22-15(17-12-6-7-20(9-12)13-4-5-13)11-2-1-3-14(8-11)21-10-16-18-19-21/h1-3,8,10,12-13H,4-7,9H2,(H,17,22). The summed E-state index contributed by atoms with van der Waals surface area (Å²) in [6, 6.07) is 8.36. The highest BCUT2D eigenvalue weighted by Crippen LogP contribution is 2.29. The Balaban J connectivity index is 1.43. The van der Waals surface area contributed by atoms with E-state index in [1.807, 2.05) is 18.2 Å². The van der Waals surface area contributed by atoms with Crippen molar-refractivity contribution in [3.05, 3.63) is 36.2 Å². The van der Waals surface area contributed by atoms with Crippen LogP contribution in [-0.2, 0) is 0 Å². The second-order valence-corrected chi connectivity index (χ2v) is 5.99. The summed E-state index contributed by atoms with van der Waals surface area (Å²) in [7, 11) is 0. The van der Waals surface area contributed by atoms with Crippen LogP contribution < -0.4 is 5.32 Å². The normalized spacial score (nSPS) is 21.9. The van der Waals surface area contributed by atoms with Crippen LogP contribution in [0.15, 0.2) is 30.6 Å². The monoisotopic (exact) mass is 298 g/mol. The van der Waals surface area contributed by atoms with E-state index in [0.29, 0.717) is 5.56 Å². The minimum atomic E-state index is -0.0300. The number of nitrogens with zero attached hydrogens (tertiary/aromatic N) is 5. The fraction of sp³-hybridized carbons (Fsp3) is 0.467. The molecule has 0 radical (unpaired) electrons. The molecule has 2 fully saturated rings. The van der Waals surface area contributed by atoms with Crippen molar-refractivity contribution in [3.63, 3.8) is 0 Å². The maximum Gasteiger partial charge on any atom is 0.251 e. The summed E-state index contributed by atoms with van der Waals surface area (Å²) in [6.07, 6.45) is 5.18. The van der Waals surface area contributed by atoms with Crippen LogP contribution in [0.1, 0.15) is 29.6 Å². The molecule has 1 N–H and O–H groups in total. The third-order valence-corrected chi connectivity index (χ3v) is 4.34. The molecule has 1 atom stereocenters. The molecule has 114 valence electrons. The largest absolute Gasteiger partial charge is 0.348 e. The van der Waals surface area contributed by atoms with Gasteiger partial charge in [0, 0.05) is 30.7 Å². The number of hydrogen-bond donors (Lipinski definition) is 1. The first-order valence-electron chi connectivity index (χ1n) is 7.68. The Morgan fingerprint density at radius 2 is 2.18 bits per heavy atom. The molecule has 7 nitrogen and oxygen atoms in total. The Kier molecular flexibility index (Phi) is 3.34. The highest BCUT2D eigenvalue weighted by molar-refractivity contribution is 5.94. The SMILES string of the molecule is O=C(NC1CCN(C2CC2)C1)c1cccc(-n2cnnn2)c1. The van der Waals surface area contributed by atoms with Gasteiger partial charge in [-0.15, -0.1) is 5.10 Å². The third-order valence-electron chi connectivity index (χ3n) is 4.34. The lowest BCUT2D eigenvalue weighted by atomic mass is 10.1. The number of nitrogens with one attached hydrogen (secondary N) is 1. The summed E-state index contributed by atoms with van der Waals surface area (Å²) in [5.74, 6) is -0.0300. The molecule has 1 aliphatic carbocycles. The fourth-order valence-corrected chi connectivity index (χ4v) is 3.01. The highest BCUT2D eigenvalue weighted by Gasteiger charge is 2.34. The van der Waals surface area contributed by atoms with Gasteiger partial charge >= 0.3 is 0 Å². The van der Waals surface area contributed by atoms with Crippen molar-refractivity contribution in [2.75, 3.05) is 13.1 Å². The Morgan fingerprint density at radius 1 is 1.27 bits per heavy atom. The van der Waals surface area contributed by atoms with Crippen LogP contribution in [-0.4, -0.2) is 56.2 Å². The van der Waals surface area contributed by atoms with Crippen molar-refractivity contribution >= 4 is 5.91 Å². The predicted molar refractivity (Wildman–Crippen MR) is 79.6 cm³/mol. The number of benzene rings is 1. The lowest BCUT2D eigenvalue weighted by Gasteiger charge is -2.16. The van der Waals surface area contributed by atoms with E-state index >= 15 is 0 Å². The number of amides is 1. The number of carbonyl (C=O) groups is 1. The molecule has 1 aliphatic heterocycles. The van der Waals surface area contributed by atoms with Crippen LogP contribution in [0, 0.1) is 0 Å². The van der Waals surface area contributed by atoms with Crippen molar-refractivity contribution in [3.8, 4) is 5.69 Å². The summed E-state index contributed by atoms with van der Waals surface area (Å²) >= 11 is 0. The number of likely N-dealkylation sites (tertiary alicyclic amines) is 1. The van der Waals surface area contributed by atoms with Gasteiger partial charge in [0.25, 0.3) is 5.91 Å². The van der Waals surface area contributed by atoms with Gasteiger partial charge < -0.3 is 5.32 Å². The molecule has 1 saturated carbocycles. The topological polar surface area (TPSA) is 75.9 Å². The molecule has 1 aromatic carbocycles. The van der Waals surface area contributed by atoms with Gasteiger partial charge in [-0.3, -0.25) is 9.69 Å². The van der Waals surface area contributed by atoms with E-state index in [9.17, 15) is 4.79 Å². The van der Waals surface area contributed by atoms with Crippen LogP contribution >= 0.6 is 0 Å². The fourth-order valence-electron chi connectivity index (χ4n) is 3.01. The summed E-state index contributed by atoms with van der Waals surface area (Å²) in [6.45, 7) is 2.07. The van der Waals surface area contributed by atoms with Gasteiger partial charge in [0.1, 0.15) is 6.33 Å². The second kappa shape index (κ2) is 5.49. The summed E-state index contributed by atoms with van der Waals surface area (Å²) in [4.78, 5) is 14.9. The summed E-state index contributed by atoms with van der Waals surface area (Å²) in [5, 5.41) is 14.2. The van der Waals surface area contributed by atoms with E-state index in [2.05, 4.69) is 25.7 Å². The van der Waals surface area contributed by atoms with Gasteiger partial charge in [-0.05, 0) is 47.9 Å². The van der Waals surface area contributed by atoms with Crippen LogP contribution in [0.3, 0.4) is 0 Å². The Labute approximate surface area is 128 Å². The Hall–Kier alpha value is -2.28. The molecule has 1 aromatic heterocycles. The minimum absolute atomic E-state index is 0.0300. The zero-order valence-electron chi connectivity index (χ0n) is 12.2. The first-order valence-corrected chi connectivity index (χ1v) is 7.68. The molecular formula is C15H18N6O.